The van der Waals surface area contributed by atoms with E-state index in [4.69, 9.17) is 9.40 Å². The van der Waals surface area contributed by atoms with Crippen LogP contribution in [0.1, 0.15) is 58.8 Å². The molecule has 2 N–H and O–H groups in total. The van der Waals surface area contributed by atoms with Crippen molar-refractivity contribution in [2.45, 2.75) is 44.9 Å². The van der Waals surface area contributed by atoms with E-state index in [-0.39, 0.29) is 17.7 Å². The second-order valence-electron chi connectivity index (χ2n) is 9.20. The molecule has 1 fully saturated rings. The first-order valence-corrected chi connectivity index (χ1v) is 13.6. The molecule has 0 saturated carbocycles. The molecule has 0 atom stereocenters. The predicted octanol–water partition coefficient (Wildman–Crippen LogP) is 4.98. The quantitative estimate of drug-likeness (QED) is 0.377. The smallest absolute Gasteiger partial charge is 0.253 e. The third-order valence-corrected chi connectivity index (χ3v) is 7.30. The zero-order valence-corrected chi connectivity index (χ0v) is 21.8. The van der Waals surface area contributed by atoms with Crippen LogP contribution in [-0.2, 0) is 17.1 Å². The lowest BCUT2D eigenvalue weighted by molar-refractivity contribution is -0.114. The largest absolute Gasteiger partial charge is 0.468 e. The molecule has 0 spiro atoms. The molecule has 1 saturated heterocycles. The second kappa shape index (κ2) is 12.7. The number of benzene rings is 1. The van der Waals surface area contributed by atoms with Crippen LogP contribution in [0.5, 0.6) is 0 Å². The van der Waals surface area contributed by atoms with E-state index in [0.29, 0.717) is 12.1 Å². The molecule has 0 bridgehead atoms. The Balaban J connectivity index is 1.28. The normalized spacial score (nSPS) is 14.5. The van der Waals surface area contributed by atoms with Gasteiger partial charge in [-0.25, -0.2) is 0 Å². The summed E-state index contributed by atoms with van der Waals surface area (Å²) in [6.07, 6.45) is 3.63. The lowest BCUT2D eigenvalue weighted by Crippen LogP contribution is -2.34. The van der Waals surface area contributed by atoms with Crippen molar-refractivity contribution in [2.75, 3.05) is 30.7 Å². The highest BCUT2D eigenvalue weighted by molar-refractivity contribution is 7.98. The van der Waals surface area contributed by atoms with Gasteiger partial charge in [-0.05, 0) is 74.8 Å². The van der Waals surface area contributed by atoms with E-state index in [2.05, 4.69) is 27.7 Å². The fourth-order valence-electron chi connectivity index (χ4n) is 4.50. The van der Waals surface area contributed by atoms with Gasteiger partial charge in [0.05, 0.1) is 23.3 Å². The van der Waals surface area contributed by atoms with Crippen LogP contribution >= 0.6 is 11.8 Å². The summed E-state index contributed by atoms with van der Waals surface area (Å²) in [4.78, 5) is 31.5. The molecule has 3 aromatic rings. The number of amides is 2. The molecular weight excluding hydrogens is 472 g/mol. The number of nitrogens with zero attached hydrogens (tertiary/aromatic N) is 2. The first kappa shape index (κ1) is 26.0. The third kappa shape index (κ3) is 7.45. The number of aryl methyl sites for hydroxylation is 1. The van der Waals surface area contributed by atoms with Gasteiger partial charge < -0.3 is 15.1 Å². The van der Waals surface area contributed by atoms with E-state index >= 15 is 0 Å². The lowest BCUT2D eigenvalue weighted by Gasteiger charge is -2.32. The Labute approximate surface area is 217 Å². The average molecular weight is 507 g/mol. The average Bonchev–Trinajstić information content (AvgIpc) is 3.39. The van der Waals surface area contributed by atoms with Crippen LogP contribution in [0.25, 0.3) is 0 Å². The van der Waals surface area contributed by atoms with Crippen LogP contribution in [-0.4, -0.2) is 47.1 Å². The summed E-state index contributed by atoms with van der Waals surface area (Å²) in [5.74, 6) is 2.75. The van der Waals surface area contributed by atoms with Gasteiger partial charge in [0.25, 0.3) is 5.91 Å². The maximum Gasteiger partial charge on any atom is 0.253 e. The molecule has 0 unspecified atom stereocenters. The van der Waals surface area contributed by atoms with Crippen LogP contribution in [0, 0.1) is 6.92 Å². The molecule has 4 rings (SSSR count). The summed E-state index contributed by atoms with van der Waals surface area (Å²) in [6, 6.07) is 15.7. The van der Waals surface area contributed by atoms with Gasteiger partial charge >= 0.3 is 0 Å². The number of nitrogens with one attached hydrogen (secondary N) is 2. The molecule has 7 nitrogen and oxygen atoms in total. The Kier molecular flexibility index (Phi) is 9.19. The van der Waals surface area contributed by atoms with E-state index < -0.39 is 0 Å². The molecule has 190 valence electrons. The number of rotatable bonds is 10. The first-order valence-electron chi connectivity index (χ1n) is 12.4. The van der Waals surface area contributed by atoms with E-state index in [1.54, 1.807) is 18.0 Å². The maximum atomic E-state index is 13.0. The van der Waals surface area contributed by atoms with E-state index in [0.717, 1.165) is 66.8 Å². The first-order chi connectivity index (χ1) is 17.5. The van der Waals surface area contributed by atoms with Crippen molar-refractivity contribution in [1.82, 2.24) is 15.2 Å². The number of thioether (sulfide) groups is 1. The van der Waals surface area contributed by atoms with Crippen LogP contribution in [0.15, 0.2) is 59.2 Å². The minimum absolute atomic E-state index is 0.0437. The van der Waals surface area contributed by atoms with Crippen LogP contribution in [0.4, 0.5) is 5.69 Å². The number of pyridine rings is 1. The molecule has 36 heavy (non-hydrogen) atoms. The van der Waals surface area contributed by atoms with E-state index in [1.165, 1.54) is 12.5 Å². The fraction of sp³-hybridized carbons (Fsp3) is 0.393. The van der Waals surface area contributed by atoms with Crippen LogP contribution in [0.2, 0.25) is 0 Å². The number of likely N-dealkylation sites (tertiary alicyclic amines) is 1. The van der Waals surface area contributed by atoms with E-state index in [9.17, 15) is 9.59 Å². The van der Waals surface area contributed by atoms with Gasteiger partial charge in [-0.15, -0.1) is 0 Å². The zero-order valence-electron chi connectivity index (χ0n) is 21.0. The van der Waals surface area contributed by atoms with Gasteiger partial charge in [0, 0.05) is 43.1 Å². The van der Waals surface area contributed by atoms with Crippen molar-refractivity contribution >= 4 is 29.3 Å². The summed E-state index contributed by atoms with van der Waals surface area (Å²) in [5, 5.41) is 5.87. The topological polar surface area (TPSA) is 87.5 Å². The highest BCUT2D eigenvalue weighted by Crippen LogP contribution is 2.30. The second-order valence-corrected chi connectivity index (χ2v) is 10.3. The maximum absolute atomic E-state index is 13.0. The van der Waals surface area contributed by atoms with Gasteiger partial charge in [0.1, 0.15) is 5.76 Å². The third-order valence-electron chi connectivity index (χ3n) is 6.32. The Morgan fingerprint density at radius 2 is 1.89 bits per heavy atom. The molecule has 0 aliphatic carbocycles. The van der Waals surface area contributed by atoms with Gasteiger partial charge in [-0.2, -0.15) is 11.8 Å². The van der Waals surface area contributed by atoms with Gasteiger partial charge in [-0.1, -0.05) is 12.1 Å². The molecule has 3 heterocycles. The highest BCUT2D eigenvalue weighted by Gasteiger charge is 2.26. The van der Waals surface area contributed by atoms with Crippen molar-refractivity contribution in [2.24, 2.45) is 0 Å². The number of carbonyl (C=O) groups is 2. The molecule has 0 radical (unpaired) electrons. The van der Waals surface area contributed by atoms with Crippen molar-refractivity contribution in [3.05, 3.63) is 83.1 Å². The number of aromatic nitrogens is 1. The van der Waals surface area contributed by atoms with Crippen molar-refractivity contribution in [1.29, 1.82) is 0 Å². The van der Waals surface area contributed by atoms with Crippen LogP contribution in [0.3, 0.4) is 0 Å². The number of carbonyl (C=O) groups excluding carboxylic acids is 2. The molecule has 2 aromatic heterocycles. The SMILES string of the molecule is CC(=O)Nc1ccc(CN2CCC(c3nc(C)ccc3C(=O)NCCSCc3ccco3)CC2)cc1. The van der Waals surface area contributed by atoms with Crippen molar-refractivity contribution in [3.63, 3.8) is 0 Å². The number of anilines is 1. The van der Waals surface area contributed by atoms with Crippen LogP contribution < -0.4 is 10.6 Å². The monoisotopic (exact) mass is 506 g/mol. The standard InChI is InChI=1S/C28H34N4O3S/c1-20-5-10-26(28(34)29-13-17-36-19-25-4-3-16-35-25)27(30-20)23-11-14-32(15-12-23)18-22-6-8-24(9-7-22)31-21(2)33/h3-10,16,23H,11-15,17-19H2,1-2H3,(H,29,34)(H,31,33). The summed E-state index contributed by atoms with van der Waals surface area (Å²) < 4.78 is 5.35. The Bertz CT molecular complexity index is 1140. The Hall–Kier alpha value is -3.10. The molecular formula is C28H34N4O3S. The number of furan rings is 1. The van der Waals surface area contributed by atoms with Gasteiger partial charge in [-0.3, -0.25) is 19.5 Å². The lowest BCUT2D eigenvalue weighted by atomic mass is 9.89. The zero-order chi connectivity index (χ0) is 25.3. The fourth-order valence-corrected chi connectivity index (χ4v) is 5.26. The van der Waals surface area contributed by atoms with Crippen molar-refractivity contribution in [3.8, 4) is 0 Å². The minimum atomic E-state index is -0.0633. The Morgan fingerprint density at radius 1 is 1.11 bits per heavy atom. The number of piperidine rings is 1. The summed E-state index contributed by atoms with van der Waals surface area (Å²) in [6.45, 7) is 6.89. The Morgan fingerprint density at radius 3 is 2.58 bits per heavy atom. The van der Waals surface area contributed by atoms with E-state index in [1.807, 2.05) is 43.3 Å². The van der Waals surface area contributed by atoms with Crippen molar-refractivity contribution < 1.29 is 14.0 Å². The molecule has 1 aromatic carbocycles. The number of hydrogen-bond donors (Lipinski definition) is 2. The molecule has 1 aliphatic rings. The predicted molar refractivity (Wildman–Crippen MR) is 144 cm³/mol. The van der Waals surface area contributed by atoms with Gasteiger partial charge in [0.2, 0.25) is 5.91 Å². The summed E-state index contributed by atoms with van der Waals surface area (Å²) in [7, 11) is 0. The summed E-state index contributed by atoms with van der Waals surface area (Å²) >= 11 is 1.74. The molecule has 1 aliphatic heterocycles. The van der Waals surface area contributed by atoms with Gasteiger partial charge in [0.15, 0.2) is 0 Å². The highest BCUT2D eigenvalue weighted by atomic mass is 32.2. The molecule has 8 heteroatoms. The molecule has 2 amide bonds. The summed E-state index contributed by atoms with van der Waals surface area (Å²) in [5.41, 5.74) is 4.61. The number of hydrogen-bond acceptors (Lipinski definition) is 6. The minimum Gasteiger partial charge on any atom is -0.468 e.